The van der Waals surface area contributed by atoms with Gasteiger partial charge in [0.1, 0.15) is 0 Å². The topological polar surface area (TPSA) is 24.5 Å². The second kappa shape index (κ2) is 7.81. The van der Waals surface area contributed by atoms with Gasteiger partial charge in [-0.3, -0.25) is 0 Å². The van der Waals surface area contributed by atoms with Gasteiger partial charge in [-0.05, 0) is 48.9 Å². The van der Waals surface area contributed by atoms with Crippen molar-refractivity contribution in [1.29, 1.82) is 0 Å². The van der Waals surface area contributed by atoms with E-state index in [2.05, 4.69) is 49.2 Å². The van der Waals surface area contributed by atoms with Crippen LogP contribution in [0, 0.1) is 12.8 Å². The lowest BCUT2D eigenvalue weighted by Crippen LogP contribution is -2.35. The number of anilines is 1. The van der Waals surface area contributed by atoms with E-state index >= 15 is 0 Å². The first-order valence-corrected chi connectivity index (χ1v) is 8.17. The van der Waals surface area contributed by atoms with Crippen LogP contribution in [0.1, 0.15) is 37.8 Å². The predicted molar refractivity (Wildman–Crippen MR) is 90.0 cm³/mol. The summed E-state index contributed by atoms with van der Waals surface area (Å²) in [4.78, 5) is 2.51. The van der Waals surface area contributed by atoms with Crippen LogP contribution in [0.15, 0.2) is 18.2 Å². The van der Waals surface area contributed by atoms with Gasteiger partial charge in [-0.25, -0.2) is 0 Å². The molecule has 0 unspecified atom stereocenters. The fourth-order valence-corrected chi connectivity index (χ4v) is 2.98. The molecule has 1 fully saturated rings. The van der Waals surface area contributed by atoms with Gasteiger partial charge in [0.25, 0.3) is 0 Å². The zero-order valence-corrected chi connectivity index (χ0v) is 14.0. The Hall–Kier alpha value is -1.06. The standard InChI is InChI=1S/C18H30N2O/c1-14(2)19-12-17-5-6-18(11-15(17)3)20-9-7-16(8-10-20)13-21-4/h5-6,11,14,16,19H,7-10,12-13H2,1-4H3. The Morgan fingerprint density at radius 2 is 2.00 bits per heavy atom. The number of hydrogen-bond acceptors (Lipinski definition) is 3. The third-order valence-electron chi connectivity index (χ3n) is 4.41. The molecule has 1 aliphatic heterocycles. The number of rotatable bonds is 6. The lowest BCUT2D eigenvalue weighted by Gasteiger charge is -2.33. The van der Waals surface area contributed by atoms with Crippen molar-refractivity contribution in [2.75, 3.05) is 31.7 Å². The van der Waals surface area contributed by atoms with Gasteiger partial charge in [0, 0.05) is 45.1 Å². The molecule has 1 aromatic carbocycles. The molecule has 0 radical (unpaired) electrons. The van der Waals surface area contributed by atoms with Gasteiger partial charge >= 0.3 is 0 Å². The van der Waals surface area contributed by atoms with Crippen LogP contribution in [-0.4, -0.2) is 32.8 Å². The molecule has 1 aliphatic rings. The van der Waals surface area contributed by atoms with Crippen molar-refractivity contribution in [3.8, 4) is 0 Å². The Kier molecular flexibility index (Phi) is 6.07. The van der Waals surface area contributed by atoms with Crippen molar-refractivity contribution in [1.82, 2.24) is 5.32 Å². The normalized spacial score (nSPS) is 16.7. The molecule has 0 spiro atoms. The van der Waals surface area contributed by atoms with Crippen LogP contribution in [0.3, 0.4) is 0 Å². The van der Waals surface area contributed by atoms with Crippen molar-refractivity contribution in [2.45, 2.75) is 46.2 Å². The van der Waals surface area contributed by atoms with Crippen LogP contribution in [0.2, 0.25) is 0 Å². The molecule has 0 amide bonds. The number of aryl methyl sites for hydroxylation is 1. The maximum atomic E-state index is 5.28. The van der Waals surface area contributed by atoms with E-state index in [9.17, 15) is 0 Å². The van der Waals surface area contributed by atoms with Crippen molar-refractivity contribution < 1.29 is 4.74 Å². The molecule has 0 saturated carbocycles. The molecular weight excluding hydrogens is 260 g/mol. The highest BCUT2D eigenvalue weighted by atomic mass is 16.5. The number of nitrogens with one attached hydrogen (secondary N) is 1. The lowest BCUT2D eigenvalue weighted by molar-refractivity contribution is 0.139. The first-order chi connectivity index (χ1) is 10.1. The molecule has 3 heteroatoms. The van der Waals surface area contributed by atoms with Gasteiger partial charge in [0.05, 0.1) is 0 Å². The third kappa shape index (κ3) is 4.72. The molecule has 1 heterocycles. The molecular formula is C18H30N2O. The summed E-state index contributed by atoms with van der Waals surface area (Å²) in [5.74, 6) is 0.738. The van der Waals surface area contributed by atoms with Gasteiger partial charge in [-0.15, -0.1) is 0 Å². The predicted octanol–water partition coefficient (Wildman–Crippen LogP) is 3.36. The van der Waals surface area contributed by atoms with Crippen LogP contribution in [-0.2, 0) is 11.3 Å². The van der Waals surface area contributed by atoms with Crippen molar-refractivity contribution in [3.05, 3.63) is 29.3 Å². The zero-order valence-electron chi connectivity index (χ0n) is 14.0. The summed E-state index contributed by atoms with van der Waals surface area (Å²) in [7, 11) is 1.81. The fourth-order valence-electron chi connectivity index (χ4n) is 2.98. The molecule has 3 nitrogen and oxygen atoms in total. The molecule has 1 N–H and O–H groups in total. The van der Waals surface area contributed by atoms with E-state index in [1.807, 2.05) is 0 Å². The molecule has 1 saturated heterocycles. The highest BCUT2D eigenvalue weighted by molar-refractivity contribution is 5.51. The summed E-state index contributed by atoms with van der Waals surface area (Å²) in [6.45, 7) is 10.8. The maximum absolute atomic E-state index is 5.28. The molecule has 2 rings (SSSR count). The Balaban J connectivity index is 1.94. The van der Waals surface area contributed by atoms with Gasteiger partial charge in [0.15, 0.2) is 0 Å². The Labute approximate surface area is 129 Å². The molecule has 21 heavy (non-hydrogen) atoms. The molecule has 118 valence electrons. The van der Waals surface area contributed by atoms with Gasteiger partial charge in [-0.2, -0.15) is 0 Å². The zero-order chi connectivity index (χ0) is 15.2. The van der Waals surface area contributed by atoms with Crippen molar-refractivity contribution in [3.63, 3.8) is 0 Å². The second-order valence-corrected chi connectivity index (χ2v) is 6.53. The number of nitrogens with zero attached hydrogens (tertiary/aromatic N) is 1. The summed E-state index contributed by atoms with van der Waals surface area (Å²) in [6.07, 6.45) is 2.48. The summed E-state index contributed by atoms with van der Waals surface area (Å²) < 4.78 is 5.28. The molecule has 1 aromatic rings. The minimum absolute atomic E-state index is 0.531. The summed E-state index contributed by atoms with van der Waals surface area (Å²) >= 11 is 0. The second-order valence-electron chi connectivity index (χ2n) is 6.53. The quantitative estimate of drug-likeness (QED) is 0.869. The smallest absolute Gasteiger partial charge is 0.0491 e. The molecule has 0 atom stereocenters. The number of piperidine rings is 1. The maximum Gasteiger partial charge on any atom is 0.0491 e. The largest absolute Gasteiger partial charge is 0.384 e. The van der Waals surface area contributed by atoms with Gasteiger partial charge < -0.3 is 15.0 Å². The van der Waals surface area contributed by atoms with Gasteiger partial charge in [-0.1, -0.05) is 19.9 Å². The van der Waals surface area contributed by atoms with Crippen LogP contribution in [0.4, 0.5) is 5.69 Å². The summed E-state index contributed by atoms with van der Waals surface area (Å²) in [5.41, 5.74) is 4.16. The van der Waals surface area contributed by atoms with E-state index in [0.29, 0.717) is 6.04 Å². The third-order valence-corrected chi connectivity index (χ3v) is 4.41. The van der Waals surface area contributed by atoms with E-state index in [-0.39, 0.29) is 0 Å². The minimum Gasteiger partial charge on any atom is -0.384 e. The van der Waals surface area contributed by atoms with Crippen molar-refractivity contribution in [2.24, 2.45) is 5.92 Å². The number of methoxy groups -OCH3 is 1. The first kappa shape index (κ1) is 16.3. The molecule has 0 aliphatic carbocycles. The highest BCUT2D eigenvalue weighted by Gasteiger charge is 2.19. The Morgan fingerprint density at radius 3 is 2.57 bits per heavy atom. The Bertz CT molecular complexity index is 437. The SMILES string of the molecule is COCC1CCN(c2ccc(CNC(C)C)c(C)c2)CC1. The molecule has 0 aromatic heterocycles. The van der Waals surface area contributed by atoms with E-state index in [4.69, 9.17) is 4.74 Å². The number of hydrogen-bond donors (Lipinski definition) is 1. The average molecular weight is 290 g/mol. The number of ether oxygens (including phenoxy) is 1. The van der Waals surface area contributed by atoms with Crippen LogP contribution < -0.4 is 10.2 Å². The van der Waals surface area contributed by atoms with E-state index in [0.717, 1.165) is 32.2 Å². The van der Waals surface area contributed by atoms with Crippen LogP contribution in [0.5, 0.6) is 0 Å². The first-order valence-electron chi connectivity index (χ1n) is 8.17. The molecule has 0 bridgehead atoms. The fraction of sp³-hybridized carbons (Fsp3) is 0.667. The van der Waals surface area contributed by atoms with E-state index in [1.165, 1.54) is 29.7 Å². The van der Waals surface area contributed by atoms with Crippen LogP contribution in [0.25, 0.3) is 0 Å². The summed E-state index contributed by atoms with van der Waals surface area (Å²) in [6, 6.07) is 7.43. The highest BCUT2D eigenvalue weighted by Crippen LogP contribution is 2.25. The lowest BCUT2D eigenvalue weighted by atomic mass is 9.97. The minimum atomic E-state index is 0.531. The Morgan fingerprint density at radius 1 is 1.29 bits per heavy atom. The van der Waals surface area contributed by atoms with E-state index < -0.39 is 0 Å². The van der Waals surface area contributed by atoms with Crippen LogP contribution >= 0.6 is 0 Å². The van der Waals surface area contributed by atoms with Crippen molar-refractivity contribution >= 4 is 5.69 Å². The van der Waals surface area contributed by atoms with Gasteiger partial charge in [0.2, 0.25) is 0 Å². The number of benzene rings is 1. The summed E-state index contributed by atoms with van der Waals surface area (Å²) in [5, 5.41) is 3.49. The van der Waals surface area contributed by atoms with E-state index in [1.54, 1.807) is 7.11 Å². The average Bonchev–Trinajstić information content (AvgIpc) is 2.47. The monoisotopic (exact) mass is 290 g/mol.